The smallest absolute Gasteiger partial charge is 0.325 e. The van der Waals surface area contributed by atoms with Crippen LogP contribution in [0.3, 0.4) is 0 Å². The highest BCUT2D eigenvalue weighted by atomic mass is 35.5. The minimum Gasteiger partial charge on any atom is -0.497 e. The second kappa shape index (κ2) is 16.1. The number of aromatic nitrogens is 1. The van der Waals surface area contributed by atoms with E-state index in [1.165, 1.54) is 19.1 Å². The van der Waals surface area contributed by atoms with Crippen molar-refractivity contribution in [1.82, 2.24) is 29.9 Å². The van der Waals surface area contributed by atoms with Crippen LogP contribution in [0.1, 0.15) is 59.9 Å². The fourth-order valence-electron chi connectivity index (χ4n) is 6.27. The van der Waals surface area contributed by atoms with Crippen molar-refractivity contribution in [2.75, 3.05) is 61.0 Å². The maximum absolute atomic E-state index is 14.1. The molecule has 0 radical (unpaired) electrons. The Labute approximate surface area is 276 Å². The van der Waals surface area contributed by atoms with Gasteiger partial charge in [-0.05, 0) is 44.9 Å². The third-order valence-electron chi connectivity index (χ3n) is 9.15. The molecule has 2 fully saturated rings. The lowest BCUT2D eigenvalue weighted by molar-refractivity contribution is -0.141. The average molecular weight is 663 g/mol. The molecule has 2 N–H and O–H groups in total. The number of hydrogen-bond donors (Lipinski definition) is 2. The quantitative estimate of drug-likeness (QED) is 0.367. The van der Waals surface area contributed by atoms with Crippen LogP contribution in [0.15, 0.2) is 18.2 Å². The first-order chi connectivity index (χ1) is 21.5. The summed E-state index contributed by atoms with van der Waals surface area (Å²) in [6, 6.07) is 4.17. The number of halogens is 1. The summed E-state index contributed by atoms with van der Waals surface area (Å²) in [6.07, 6.45) is 4.96. The summed E-state index contributed by atoms with van der Waals surface area (Å²) in [5.74, 6) is -1.11. The number of hydrogen-bond acceptors (Lipinski definition) is 8. The Bertz CT molecular complexity index is 1430. The molecule has 2 atom stereocenters. The molecule has 0 spiro atoms. The molecule has 0 bridgehead atoms. The van der Waals surface area contributed by atoms with E-state index in [2.05, 4.69) is 10.6 Å². The first-order valence-electron chi connectivity index (χ1n) is 15.6. The number of likely N-dealkylation sites (N-methyl/N-ethyl adjacent to an activating group) is 2. The zero-order chi connectivity index (χ0) is 32.8. The predicted octanol–water partition coefficient (Wildman–Crippen LogP) is 1.81. The number of ether oxygens (including phenoxy) is 2. The Morgan fingerprint density at radius 2 is 1.63 bits per heavy atom. The van der Waals surface area contributed by atoms with Crippen molar-refractivity contribution in [2.45, 2.75) is 51.1 Å². The van der Waals surface area contributed by atoms with Crippen molar-refractivity contribution in [3.05, 3.63) is 29.5 Å². The number of benzene rings is 1. The molecule has 46 heavy (non-hydrogen) atoms. The van der Waals surface area contributed by atoms with E-state index in [1.54, 1.807) is 60.7 Å². The Balaban J connectivity index is 0.00000576. The normalized spacial score (nSPS) is 16.7. The molecule has 2 heterocycles. The van der Waals surface area contributed by atoms with Gasteiger partial charge >= 0.3 is 5.97 Å². The van der Waals surface area contributed by atoms with Crippen molar-refractivity contribution < 1.29 is 33.4 Å². The highest BCUT2D eigenvalue weighted by Gasteiger charge is 2.37. The number of carbonyl (C=O) groups is 5. The molecule has 13 nitrogen and oxygen atoms in total. The number of piperazine rings is 1. The molecule has 1 saturated heterocycles. The van der Waals surface area contributed by atoms with E-state index < -0.39 is 24.0 Å². The minimum atomic E-state index is -0.612. The summed E-state index contributed by atoms with van der Waals surface area (Å²) < 4.78 is 11.8. The topological polar surface area (TPSA) is 143 Å². The fraction of sp³-hybridized carbons (Fsp3) is 0.594. The van der Waals surface area contributed by atoms with Gasteiger partial charge in [-0.1, -0.05) is 19.3 Å². The average Bonchev–Trinajstić information content (AvgIpc) is 3.36. The number of rotatable bonds is 10. The Hall–Kier alpha value is -3.84. The molecular formula is C32H47ClN6O7. The highest BCUT2D eigenvalue weighted by molar-refractivity contribution is 6.16. The lowest BCUT2D eigenvalue weighted by Crippen LogP contribution is -2.59. The maximum Gasteiger partial charge on any atom is 0.325 e. The Morgan fingerprint density at radius 1 is 1.00 bits per heavy atom. The van der Waals surface area contributed by atoms with Crippen molar-refractivity contribution in [3.63, 3.8) is 0 Å². The number of aryl methyl sites for hydroxylation is 1. The number of nitrogens with zero attached hydrogens (tertiary/aromatic N) is 4. The zero-order valence-corrected chi connectivity index (χ0v) is 28.4. The molecule has 4 rings (SSSR count). The number of methoxy groups -OCH3 is 2. The van der Waals surface area contributed by atoms with Gasteiger partial charge in [0.05, 0.1) is 31.3 Å². The maximum atomic E-state index is 14.1. The summed E-state index contributed by atoms with van der Waals surface area (Å²) in [6.45, 7) is 2.61. The van der Waals surface area contributed by atoms with E-state index in [9.17, 15) is 24.0 Å². The van der Waals surface area contributed by atoms with Gasteiger partial charge in [-0.25, -0.2) is 0 Å². The minimum absolute atomic E-state index is 0. The molecule has 1 aliphatic carbocycles. The van der Waals surface area contributed by atoms with E-state index in [1.807, 2.05) is 0 Å². The van der Waals surface area contributed by atoms with Crippen LogP contribution < -0.4 is 15.4 Å². The summed E-state index contributed by atoms with van der Waals surface area (Å²) in [4.78, 5) is 71.0. The predicted molar refractivity (Wildman–Crippen MR) is 175 cm³/mol. The van der Waals surface area contributed by atoms with Gasteiger partial charge in [0.15, 0.2) is 0 Å². The Morgan fingerprint density at radius 3 is 2.22 bits per heavy atom. The van der Waals surface area contributed by atoms with Crippen LogP contribution in [-0.4, -0.2) is 122 Å². The lowest BCUT2D eigenvalue weighted by atomic mass is 9.83. The molecule has 1 aromatic carbocycles. The van der Waals surface area contributed by atoms with Crippen molar-refractivity contribution in [2.24, 2.45) is 13.0 Å². The van der Waals surface area contributed by atoms with Gasteiger partial charge < -0.3 is 39.4 Å². The molecule has 1 aliphatic heterocycles. The first kappa shape index (κ1) is 36.6. The lowest BCUT2D eigenvalue weighted by Gasteiger charge is -2.39. The van der Waals surface area contributed by atoms with Crippen LogP contribution in [0.5, 0.6) is 5.75 Å². The van der Waals surface area contributed by atoms with E-state index in [0.29, 0.717) is 29.7 Å². The van der Waals surface area contributed by atoms with Gasteiger partial charge in [0.1, 0.15) is 24.0 Å². The molecule has 2 aromatic rings. The molecule has 2 aliphatic rings. The van der Waals surface area contributed by atoms with Gasteiger partial charge in [-0.2, -0.15) is 0 Å². The van der Waals surface area contributed by atoms with E-state index in [-0.39, 0.29) is 66.9 Å². The molecule has 254 valence electrons. The van der Waals surface area contributed by atoms with Crippen LogP contribution in [-0.2, 0) is 26.2 Å². The third kappa shape index (κ3) is 7.75. The standard InChI is InChI=1S/C32H46N6O7.ClH/c1-20(33-2)29(40)34-27(21-10-8-7-9-11-21)31(42)37-14-16-38(17-15-37)32(43)28-26(30(41)35(3)19-25(39)45-6)23-13-12-22(44-5)18-24(23)36(28)4;/h12-13,18,20-21,27,33H,7-11,14-17,19H2,1-6H3,(H,34,40);1H/t20-,27-;/m0./s1. The van der Waals surface area contributed by atoms with E-state index in [4.69, 9.17) is 9.47 Å². The number of esters is 1. The zero-order valence-electron chi connectivity index (χ0n) is 27.6. The number of amides is 4. The van der Waals surface area contributed by atoms with Crippen molar-refractivity contribution >= 4 is 52.9 Å². The molecule has 1 saturated carbocycles. The summed E-state index contributed by atoms with van der Waals surface area (Å²) in [5, 5.41) is 6.50. The van der Waals surface area contributed by atoms with Gasteiger partial charge in [0.2, 0.25) is 11.8 Å². The van der Waals surface area contributed by atoms with Crippen LogP contribution in [0, 0.1) is 5.92 Å². The Kier molecular flexibility index (Phi) is 12.8. The summed E-state index contributed by atoms with van der Waals surface area (Å²) in [7, 11) is 7.70. The van der Waals surface area contributed by atoms with E-state index in [0.717, 1.165) is 32.1 Å². The third-order valence-corrected chi connectivity index (χ3v) is 9.15. The second-order valence-electron chi connectivity index (χ2n) is 11.9. The van der Waals surface area contributed by atoms with E-state index >= 15 is 0 Å². The van der Waals surface area contributed by atoms with Gasteiger partial charge in [-0.15, -0.1) is 12.4 Å². The first-order valence-corrected chi connectivity index (χ1v) is 15.6. The van der Waals surface area contributed by atoms with Crippen LogP contribution in [0.25, 0.3) is 10.9 Å². The van der Waals surface area contributed by atoms with Crippen LogP contribution >= 0.6 is 12.4 Å². The number of carbonyl (C=O) groups excluding carboxylic acids is 5. The number of fused-ring (bicyclic) bond motifs is 1. The van der Waals surface area contributed by atoms with Gasteiger partial charge in [-0.3, -0.25) is 24.0 Å². The molecule has 4 amide bonds. The fourth-order valence-corrected chi connectivity index (χ4v) is 6.27. The van der Waals surface area contributed by atoms with Crippen molar-refractivity contribution in [1.29, 1.82) is 0 Å². The SMILES string of the molecule is CN[C@@H](C)C(=O)N[C@H](C(=O)N1CCN(C(=O)c2c(C(=O)N(C)CC(=O)OC)c3ccc(OC)cc3n2C)CC1)C1CCCCC1.Cl. The molecular weight excluding hydrogens is 616 g/mol. The van der Waals surface area contributed by atoms with Gasteiger partial charge in [0.25, 0.3) is 11.8 Å². The summed E-state index contributed by atoms with van der Waals surface area (Å²) >= 11 is 0. The van der Waals surface area contributed by atoms with Gasteiger partial charge in [0, 0.05) is 51.7 Å². The summed E-state index contributed by atoms with van der Waals surface area (Å²) in [5.41, 5.74) is 1.00. The number of nitrogens with one attached hydrogen (secondary N) is 2. The molecule has 14 heteroatoms. The molecule has 1 aromatic heterocycles. The van der Waals surface area contributed by atoms with Crippen LogP contribution in [0.2, 0.25) is 0 Å². The largest absolute Gasteiger partial charge is 0.497 e. The monoisotopic (exact) mass is 662 g/mol. The van der Waals surface area contributed by atoms with Crippen molar-refractivity contribution in [3.8, 4) is 5.75 Å². The molecule has 0 unspecified atom stereocenters. The highest BCUT2D eigenvalue weighted by Crippen LogP contribution is 2.31. The second-order valence-corrected chi connectivity index (χ2v) is 11.9. The van der Waals surface area contributed by atoms with Crippen LogP contribution in [0.4, 0.5) is 0 Å².